The number of rotatable bonds is 11. The number of fused-ring (bicyclic) bond motifs is 1. The molecule has 10 heteroatoms. The van der Waals surface area contributed by atoms with E-state index in [0.29, 0.717) is 41.8 Å². The van der Waals surface area contributed by atoms with Gasteiger partial charge >= 0.3 is 14.8 Å². The Morgan fingerprint density at radius 2 is 1.63 bits per heavy atom. The Morgan fingerprint density at radius 3 is 2.37 bits per heavy atom. The normalized spacial score (nSPS) is 11.5. The number of nitrogens with zero attached hydrogens (tertiary/aromatic N) is 3. The van der Waals surface area contributed by atoms with Crippen molar-refractivity contribution in [3.8, 4) is 17.2 Å². The van der Waals surface area contributed by atoms with Crippen molar-refractivity contribution >= 4 is 25.8 Å². The van der Waals surface area contributed by atoms with Crippen LogP contribution in [0.25, 0.3) is 16.7 Å². The molecule has 3 aromatic carbocycles. The fourth-order valence-corrected chi connectivity index (χ4v) is 5.34. The van der Waals surface area contributed by atoms with E-state index >= 15 is 0 Å². The van der Waals surface area contributed by atoms with Gasteiger partial charge in [-0.05, 0) is 42.8 Å². The van der Waals surface area contributed by atoms with Crippen molar-refractivity contribution in [1.29, 1.82) is 0 Å². The second-order valence-electron chi connectivity index (χ2n) is 7.62. The van der Waals surface area contributed by atoms with Crippen LogP contribution in [0.1, 0.15) is 16.8 Å². The van der Waals surface area contributed by atoms with Crippen LogP contribution in [0, 0.1) is 0 Å². The molecule has 0 atom stereocenters. The lowest BCUT2D eigenvalue weighted by atomic mass is 10.2. The Balaban J connectivity index is 1.58. The molecule has 182 valence electrons. The van der Waals surface area contributed by atoms with Crippen LogP contribution in [-0.2, 0) is 13.3 Å². The smallest absolute Gasteiger partial charge is 0.494 e. The zero-order valence-electron chi connectivity index (χ0n) is 19.8. The first-order valence-corrected chi connectivity index (χ1v) is 13.0. The molecule has 0 bridgehead atoms. The minimum atomic E-state index is -2.66. The van der Waals surface area contributed by atoms with Crippen LogP contribution < -0.4 is 9.47 Å². The maximum Gasteiger partial charge on any atom is 0.500 e. The fraction of sp³-hybridized carbons (Fsp3) is 0.240. The highest BCUT2D eigenvalue weighted by Crippen LogP contribution is 2.30. The highest BCUT2D eigenvalue weighted by Gasteiger charge is 2.36. The molecule has 0 saturated heterocycles. The second-order valence-corrected chi connectivity index (χ2v) is 10.7. The van der Waals surface area contributed by atoms with Gasteiger partial charge in [-0.25, -0.2) is 9.48 Å². The SMILES string of the molecule is CO[Si](CCCOc1ccc(OC(=O)c2ccccc2)c(-n2nnc3ccccc32)c1)(OC)OC. The standard InChI is InChI=1S/C25H27N3O6Si/c1-30-35(31-2,32-3)17-9-16-33-20-14-15-24(34-25(29)19-10-5-4-6-11-19)23(18-20)28-22-13-8-7-12-21(22)26-27-28/h4-8,10-15,18H,9,16-17H2,1-3H3. The van der Waals surface area contributed by atoms with E-state index in [1.54, 1.807) is 68.5 Å². The molecule has 9 nitrogen and oxygen atoms in total. The highest BCUT2D eigenvalue weighted by molar-refractivity contribution is 6.60. The summed E-state index contributed by atoms with van der Waals surface area (Å²) in [5, 5.41) is 8.51. The Labute approximate surface area is 204 Å². The van der Waals surface area contributed by atoms with Crippen LogP contribution in [0.4, 0.5) is 0 Å². The van der Waals surface area contributed by atoms with Crippen LogP contribution >= 0.6 is 0 Å². The molecule has 35 heavy (non-hydrogen) atoms. The summed E-state index contributed by atoms with van der Waals surface area (Å²) in [6.07, 6.45) is 0.675. The fourth-order valence-electron chi connectivity index (χ4n) is 3.65. The topological polar surface area (TPSA) is 93.9 Å². The van der Waals surface area contributed by atoms with Crippen LogP contribution in [-0.4, -0.2) is 57.7 Å². The molecule has 0 spiro atoms. The lowest BCUT2D eigenvalue weighted by Crippen LogP contribution is -2.42. The molecule has 0 N–H and O–H groups in total. The third-order valence-corrected chi connectivity index (χ3v) is 8.38. The van der Waals surface area contributed by atoms with Gasteiger partial charge in [0.2, 0.25) is 0 Å². The molecular formula is C25H27N3O6Si. The maximum absolute atomic E-state index is 12.7. The molecule has 0 unspecified atom stereocenters. The Bertz CT molecular complexity index is 1270. The third kappa shape index (κ3) is 5.57. The predicted molar refractivity (Wildman–Crippen MR) is 132 cm³/mol. The number of esters is 1. The van der Waals surface area contributed by atoms with E-state index in [2.05, 4.69) is 10.3 Å². The average molecular weight is 494 g/mol. The summed E-state index contributed by atoms with van der Waals surface area (Å²) in [4.78, 5) is 12.7. The van der Waals surface area contributed by atoms with Crippen molar-refractivity contribution in [3.05, 3.63) is 78.4 Å². The first kappa shape index (κ1) is 24.5. The quantitative estimate of drug-likeness (QED) is 0.132. The van der Waals surface area contributed by atoms with Crippen molar-refractivity contribution in [1.82, 2.24) is 15.0 Å². The van der Waals surface area contributed by atoms with Gasteiger partial charge in [-0.15, -0.1) is 5.10 Å². The molecule has 0 aliphatic rings. The molecule has 0 aliphatic carbocycles. The summed E-state index contributed by atoms with van der Waals surface area (Å²) in [7, 11) is 2.10. The van der Waals surface area contributed by atoms with Crippen LogP contribution in [0.2, 0.25) is 6.04 Å². The zero-order chi connectivity index (χ0) is 24.7. The summed E-state index contributed by atoms with van der Waals surface area (Å²) in [6.45, 7) is 0.422. The van der Waals surface area contributed by atoms with Gasteiger partial charge in [-0.3, -0.25) is 0 Å². The molecule has 0 radical (unpaired) electrons. The van der Waals surface area contributed by atoms with Crippen molar-refractivity contribution in [3.63, 3.8) is 0 Å². The van der Waals surface area contributed by atoms with E-state index in [1.165, 1.54) is 0 Å². The summed E-state index contributed by atoms with van der Waals surface area (Å²) in [5.74, 6) is 0.468. The highest BCUT2D eigenvalue weighted by atomic mass is 28.4. The molecular weight excluding hydrogens is 466 g/mol. The average Bonchev–Trinajstić information content (AvgIpc) is 3.34. The number of hydrogen-bond donors (Lipinski definition) is 0. The molecule has 0 amide bonds. The summed E-state index contributed by atoms with van der Waals surface area (Å²) in [5.41, 5.74) is 2.48. The van der Waals surface area contributed by atoms with E-state index in [-0.39, 0.29) is 0 Å². The molecule has 4 aromatic rings. The van der Waals surface area contributed by atoms with Gasteiger partial charge in [0.1, 0.15) is 17.0 Å². The van der Waals surface area contributed by atoms with Crippen molar-refractivity contribution in [2.24, 2.45) is 0 Å². The first-order chi connectivity index (χ1) is 17.1. The molecule has 1 heterocycles. The molecule has 0 aliphatic heterocycles. The molecule has 1 aromatic heterocycles. The molecule has 0 saturated carbocycles. The molecule has 0 fully saturated rings. The Hall–Kier alpha value is -3.57. The number of benzene rings is 3. The lowest BCUT2D eigenvalue weighted by molar-refractivity contribution is 0.0734. The number of carbonyl (C=O) groups excluding carboxylic acids is 1. The van der Waals surface area contributed by atoms with Crippen LogP contribution in [0.15, 0.2) is 72.8 Å². The van der Waals surface area contributed by atoms with Gasteiger partial charge in [0.15, 0.2) is 5.75 Å². The number of hydrogen-bond acceptors (Lipinski definition) is 8. The van der Waals surface area contributed by atoms with E-state index in [9.17, 15) is 4.79 Å². The summed E-state index contributed by atoms with van der Waals surface area (Å²) >= 11 is 0. The van der Waals surface area contributed by atoms with Gasteiger partial charge in [-0.1, -0.05) is 35.5 Å². The van der Waals surface area contributed by atoms with E-state index < -0.39 is 14.8 Å². The second kappa shape index (κ2) is 11.2. The largest absolute Gasteiger partial charge is 0.500 e. The predicted octanol–water partition coefficient (Wildman–Crippen LogP) is 4.29. The maximum atomic E-state index is 12.7. The van der Waals surface area contributed by atoms with Crippen molar-refractivity contribution < 1.29 is 27.5 Å². The minimum absolute atomic E-state index is 0.339. The van der Waals surface area contributed by atoms with Gasteiger partial charge in [-0.2, -0.15) is 0 Å². The van der Waals surface area contributed by atoms with Gasteiger partial charge in [0, 0.05) is 33.4 Å². The van der Waals surface area contributed by atoms with Gasteiger partial charge < -0.3 is 22.8 Å². The van der Waals surface area contributed by atoms with Crippen molar-refractivity contribution in [2.75, 3.05) is 27.9 Å². The number of carbonyl (C=O) groups is 1. The van der Waals surface area contributed by atoms with Gasteiger partial charge in [0.05, 0.1) is 17.7 Å². The lowest BCUT2D eigenvalue weighted by Gasteiger charge is -2.24. The number of para-hydroxylation sites is 1. The third-order valence-electron chi connectivity index (χ3n) is 5.55. The van der Waals surface area contributed by atoms with E-state index in [4.69, 9.17) is 22.8 Å². The first-order valence-electron chi connectivity index (χ1n) is 11.1. The van der Waals surface area contributed by atoms with Crippen molar-refractivity contribution in [2.45, 2.75) is 12.5 Å². The monoisotopic (exact) mass is 493 g/mol. The zero-order valence-corrected chi connectivity index (χ0v) is 20.8. The number of aromatic nitrogens is 3. The van der Waals surface area contributed by atoms with Crippen LogP contribution in [0.5, 0.6) is 11.5 Å². The Morgan fingerprint density at radius 1 is 0.914 bits per heavy atom. The van der Waals surface area contributed by atoms with Crippen LogP contribution in [0.3, 0.4) is 0 Å². The molecule has 4 rings (SSSR count). The summed E-state index contributed by atoms with van der Waals surface area (Å²) in [6, 6.07) is 22.2. The van der Waals surface area contributed by atoms with E-state index in [0.717, 1.165) is 11.0 Å². The van der Waals surface area contributed by atoms with E-state index in [1.807, 2.05) is 30.3 Å². The minimum Gasteiger partial charge on any atom is -0.494 e. The Kier molecular flexibility index (Phi) is 7.88. The van der Waals surface area contributed by atoms with Gasteiger partial charge in [0.25, 0.3) is 0 Å². The number of ether oxygens (including phenoxy) is 2. The summed E-state index contributed by atoms with van der Waals surface area (Å²) < 4.78 is 29.7.